The standard InChI is InChI=1S/C21H25F3O3/c1-12-16(23)9-15-13-5-6-14(17(26)11-22)19(13,2)10-18(27)21(15,24)20(12,3)7-4-8-25/h4,6-8,13,15-16,18,27H,1,5,9-11H2,2-3H3. The lowest BCUT2D eigenvalue weighted by Gasteiger charge is -2.61. The lowest BCUT2D eigenvalue weighted by Crippen LogP contribution is -2.67. The molecule has 6 heteroatoms. The number of carbonyl (C=O) groups excluding carboxylic acids is 2. The zero-order chi connectivity index (χ0) is 20.2. The van der Waals surface area contributed by atoms with Crippen molar-refractivity contribution >= 4 is 12.1 Å². The average molecular weight is 382 g/mol. The fourth-order valence-electron chi connectivity index (χ4n) is 5.87. The molecule has 3 nitrogen and oxygen atoms in total. The van der Waals surface area contributed by atoms with Gasteiger partial charge in [0.25, 0.3) is 0 Å². The summed E-state index contributed by atoms with van der Waals surface area (Å²) in [5.74, 6) is -2.00. The van der Waals surface area contributed by atoms with Crippen LogP contribution in [-0.2, 0) is 9.59 Å². The molecule has 2 fully saturated rings. The maximum absolute atomic E-state index is 16.6. The maximum Gasteiger partial charge on any atom is 0.190 e. The van der Waals surface area contributed by atoms with Crippen LogP contribution >= 0.6 is 0 Å². The van der Waals surface area contributed by atoms with Crippen LogP contribution in [0.4, 0.5) is 13.2 Å². The molecule has 0 spiro atoms. The van der Waals surface area contributed by atoms with E-state index < -0.39 is 53.1 Å². The topological polar surface area (TPSA) is 54.4 Å². The predicted octanol–water partition coefficient (Wildman–Crippen LogP) is 3.63. The van der Waals surface area contributed by atoms with Gasteiger partial charge < -0.3 is 5.11 Å². The number of aldehydes is 1. The molecule has 2 saturated carbocycles. The monoisotopic (exact) mass is 382 g/mol. The van der Waals surface area contributed by atoms with Gasteiger partial charge in [0.15, 0.2) is 18.1 Å². The molecule has 27 heavy (non-hydrogen) atoms. The largest absolute Gasteiger partial charge is 0.390 e. The molecule has 0 saturated heterocycles. The molecular weight excluding hydrogens is 357 g/mol. The van der Waals surface area contributed by atoms with E-state index in [0.29, 0.717) is 12.7 Å². The highest BCUT2D eigenvalue weighted by molar-refractivity contribution is 5.98. The Hall–Kier alpha value is -1.69. The van der Waals surface area contributed by atoms with Gasteiger partial charge in [-0.05, 0) is 43.8 Å². The zero-order valence-electron chi connectivity index (χ0n) is 15.6. The summed E-state index contributed by atoms with van der Waals surface area (Å²) >= 11 is 0. The maximum atomic E-state index is 16.6. The molecule has 7 unspecified atom stereocenters. The Morgan fingerprint density at radius 2 is 2.07 bits per heavy atom. The van der Waals surface area contributed by atoms with Crippen LogP contribution in [0.5, 0.6) is 0 Å². The summed E-state index contributed by atoms with van der Waals surface area (Å²) in [6.07, 6.45) is 1.55. The van der Waals surface area contributed by atoms with Crippen molar-refractivity contribution in [3.05, 3.63) is 36.0 Å². The number of hydrogen-bond acceptors (Lipinski definition) is 3. The molecule has 7 atom stereocenters. The summed E-state index contributed by atoms with van der Waals surface area (Å²) in [4.78, 5) is 22.9. The number of fused-ring (bicyclic) bond motifs is 3. The van der Waals surface area contributed by atoms with Crippen LogP contribution in [0.1, 0.15) is 33.1 Å². The van der Waals surface area contributed by atoms with Crippen molar-refractivity contribution in [1.82, 2.24) is 0 Å². The summed E-state index contributed by atoms with van der Waals surface area (Å²) in [5.41, 5.74) is -4.45. The van der Waals surface area contributed by atoms with Crippen LogP contribution in [-0.4, -0.2) is 41.8 Å². The van der Waals surface area contributed by atoms with Crippen LogP contribution in [0.2, 0.25) is 0 Å². The summed E-state index contributed by atoms with van der Waals surface area (Å²) in [7, 11) is 0. The minimum atomic E-state index is -2.24. The summed E-state index contributed by atoms with van der Waals surface area (Å²) in [6, 6.07) is 0. The second-order valence-electron chi connectivity index (χ2n) is 8.45. The summed E-state index contributed by atoms with van der Waals surface area (Å²) < 4.78 is 44.5. The highest BCUT2D eigenvalue weighted by Crippen LogP contribution is 2.67. The van der Waals surface area contributed by atoms with E-state index in [1.54, 1.807) is 13.0 Å². The van der Waals surface area contributed by atoms with Crippen molar-refractivity contribution < 1.29 is 27.9 Å². The Morgan fingerprint density at radius 3 is 2.67 bits per heavy atom. The number of rotatable bonds is 4. The predicted molar refractivity (Wildman–Crippen MR) is 95.2 cm³/mol. The van der Waals surface area contributed by atoms with Crippen molar-refractivity contribution in [3.63, 3.8) is 0 Å². The van der Waals surface area contributed by atoms with Gasteiger partial charge in [0.1, 0.15) is 12.5 Å². The molecule has 3 rings (SSSR count). The van der Waals surface area contributed by atoms with Gasteiger partial charge in [-0.25, -0.2) is 13.2 Å². The number of ketones is 1. The van der Waals surface area contributed by atoms with Crippen molar-refractivity contribution in [1.29, 1.82) is 0 Å². The second-order valence-corrected chi connectivity index (χ2v) is 8.45. The van der Waals surface area contributed by atoms with E-state index in [1.807, 2.05) is 0 Å². The highest BCUT2D eigenvalue weighted by Gasteiger charge is 2.70. The highest BCUT2D eigenvalue weighted by atomic mass is 19.1. The molecule has 0 aromatic rings. The van der Waals surface area contributed by atoms with Crippen LogP contribution in [0.3, 0.4) is 0 Å². The van der Waals surface area contributed by atoms with E-state index in [0.717, 1.165) is 6.08 Å². The van der Waals surface area contributed by atoms with E-state index in [2.05, 4.69) is 6.58 Å². The minimum Gasteiger partial charge on any atom is -0.390 e. The molecule has 0 amide bonds. The first kappa shape index (κ1) is 20.1. The van der Waals surface area contributed by atoms with Crippen LogP contribution in [0.25, 0.3) is 0 Å². The fourth-order valence-corrected chi connectivity index (χ4v) is 5.87. The molecule has 0 aromatic carbocycles. The van der Waals surface area contributed by atoms with Gasteiger partial charge in [0, 0.05) is 22.3 Å². The van der Waals surface area contributed by atoms with E-state index in [1.165, 1.54) is 13.0 Å². The number of Topliss-reactive ketones (excluding diaryl/α,β-unsaturated/α-hetero) is 1. The Kier molecular flexibility index (Phi) is 4.78. The van der Waals surface area contributed by atoms with Gasteiger partial charge in [0.2, 0.25) is 0 Å². The number of alkyl halides is 3. The van der Waals surface area contributed by atoms with Crippen molar-refractivity contribution in [2.75, 3.05) is 6.67 Å². The zero-order valence-corrected chi connectivity index (χ0v) is 15.6. The third-order valence-electron chi connectivity index (χ3n) is 7.37. The Labute approximate surface area is 157 Å². The first-order valence-corrected chi connectivity index (χ1v) is 9.21. The van der Waals surface area contributed by atoms with Gasteiger partial charge in [0.05, 0.1) is 6.10 Å². The normalized spacial score (nSPS) is 46.7. The Morgan fingerprint density at radius 1 is 1.41 bits per heavy atom. The number of aliphatic hydroxyl groups excluding tert-OH is 1. The third kappa shape index (κ3) is 2.45. The van der Waals surface area contributed by atoms with Gasteiger partial charge >= 0.3 is 0 Å². The average Bonchev–Trinajstić information content (AvgIpc) is 2.97. The fraction of sp³-hybridized carbons (Fsp3) is 0.619. The van der Waals surface area contributed by atoms with Crippen LogP contribution in [0.15, 0.2) is 36.0 Å². The van der Waals surface area contributed by atoms with Gasteiger partial charge in [-0.3, -0.25) is 9.59 Å². The van der Waals surface area contributed by atoms with Crippen LogP contribution < -0.4 is 0 Å². The van der Waals surface area contributed by atoms with E-state index in [-0.39, 0.29) is 24.0 Å². The SMILES string of the molecule is C=C1C(F)CC2C3CC=C(C(=O)CF)C3(C)CC(O)C2(F)C1(C)C=CC=O. The van der Waals surface area contributed by atoms with Gasteiger partial charge in [-0.1, -0.05) is 25.7 Å². The summed E-state index contributed by atoms with van der Waals surface area (Å²) in [5, 5.41) is 10.9. The number of aliphatic hydroxyl groups is 1. The second kappa shape index (κ2) is 6.43. The molecular formula is C21H25F3O3. The third-order valence-corrected chi connectivity index (χ3v) is 7.37. The van der Waals surface area contributed by atoms with Crippen molar-refractivity contribution in [2.45, 2.75) is 51.1 Å². The molecule has 1 N–H and O–H groups in total. The first-order chi connectivity index (χ1) is 12.6. The molecule has 0 heterocycles. The van der Waals surface area contributed by atoms with Crippen LogP contribution in [0, 0.1) is 22.7 Å². The van der Waals surface area contributed by atoms with Crippen molar-refractivity contribution in [2.24, 2.45) is 22.7 Å². The molecule has 0 radical (unpaired) electrons. The van der Waals surface area contributed by atoms with Gasteiger partial charge in [-0.2, -0.15) is 0 Å². The van der Waals surface area contributed by atoms with Gasteiger partial charge in [-0.15, -0.1) is 0 Å². The number of allylic oxidation sites excluding steroid dienone is 5. The molecule has 0 bridgehead atoms. The Balaban J connectivity index is 2.12. The quantitative estimate of drug-likeness (QED) is 0.459. The molecule has 3 aliphatic carbocycles. The molecule has 148 valence electrons. The Bertz CT molecular complexity index is 745. The van der Waals surface area contributed by atoms with E-state index in [9.17, 15) is 23.5 Å². The number of carbonyl (C=O) groups is 2. The molecule has 0 aliphatic heterocycles. The minimum absolute atomic E-state index is 0.00647. The molecule has 0 aromatic heterocycles. The lowest BCUT2D eigenvalue weighted by atomic mass is 9.45. The molecule has 3 aliphatic rings. The van der Waals surface area contributed by atoms with E-state index in [4.69, 9.17) is 0 Å². The lowest BCUT2D eigenvalue weighted by molar-refractivity contribution is -0.192. The summed E-state index contributed by atoms with van der Waals surface area (Å²) in [6.45, 7) is 5.75. The number of halogens is 3. The van der Waals surface area contributed by atoms with E-state index >= 15 is 4.39 Å². The van der Waals surface area contributed by atoms with Crippen molar-refractivity contribution in [3.8, 4) is 0 Å². The first-order valence-electron chi connectivity index (χ1n) is 9.21. The number of hydrogen-bond donors (Lipinski definition) is 1. The smallest absolute Gasteiger partial charge is 0.190 e.